The lowest BCUT2D eigenvalue weighted by Crippen LogP contribution is -2.47. The van der Waals surface area contributed by atoms with Crippen LogP contribution in [-0.2, 0) is 11.3 Å². The number of ether oxygens (including phenoxy) is 1. The maximum absolute atomic E-state index is 8.99. The molecule has 0 radical (unpaired) electrons. The van der Waals surface area contributed by atoms with Crippen molar-refractivity contribution in [1.29, 1.82) is 0 Å². The Labute approximate surface area is 102 Å². The zero-order valence-electron chi connectivity index (χ0n) is 10.5. The first-order chi connectivity index (χ1) is 8.17. The molecule has 94 valence electrons. The van der Waals surface area contributed by atoms with E-state index in [1.54, 1.807) is 13.3 Å². The van der Waals surface area contributed by atoms with Crippen molar-refractivity contribution in [3.8, 4) is 0 Å². The summed E-state index contributed by atoms with van der Waals surface area (Å²) in [5.74, 6) is 0.963. The molecule has 2 rings (SSSR count). The van der Waals surface area contributed by atoms with Crippen molar-refractivity contribution in [3.63, 3.8) is 0 Å². The van der Waals surface area contributed by atoms with E-state index in [9.17, 15) is 0 Å². The summed E-state index contributed by atoms with van der Waals surface area (Å²) in [6.07, 6.45) is 3.94. The van der Waals surface area contributed by atoms with Gasteiger partial charge in [0.05, 0.1) is 12.2 Å². The van der Waals surface area contributed by atoms with Gasteiger partial charge in [0.15, 0.2) is 0 Å². The number of aliphatic hydroxyl groups excluding tert-OH is 1. The zero-order chi connectivity index (χ0) is 12.3. The van der Waals surface area contributed by atoms with Crippen LogP contribution >= 0.6 is 0 Å². The van der Waals surface area contributed by atoms with Crippen LogP contribution in [0.1, 0.15) is 25.3 Å². The van der Waals surface area contributed by atoms with Crippen molar-refractivity contribution < 1.29 is 9.84 Å². The highest BCUT2D eigenvalue weighted by molar-refractivity contribution is 5.40. The molecule has 1 aliphatic heterocycles. The highest BCUT2D eigenvalue weighted by Crippen LogP contribution is 2.26. The van der Waals surface area contributed by atoms with Crippen molar-refractivity contribution in [3.05, 3.63) is 23.9 Å². The average molecular weight is 236 g/mol. The lowest BCUT2D eigenvalue weighted by molar-refractivity contribution is -0.00481. The van der Waals surface area contributed by atoms with Crippen molar-refractivity contribution in [1.82, 2.24) is 4.98 Å². The number of piperidine rings is 1. The monoisotopic (exact) mass is 236 g/mol. The Hall–Kier alpha value is -1.13. The number of hydrogen-bond acceptors (Lipinski definition) is 4. The SMILES string of the molecule is COC1(C)CCCN(c2ccc(CO)cn2)C1. The Kier molecular flexibility index (Phi) is 3.64. The van der Waals surface area contributed by atoms with Gasteiger partial charge in [-0.2, -0.15) is 0 Å². The molecule has 0 aliphatic carbocycles. The first-order valence-electron chi connectivity index (χ1n) is 6.03. The first kappa shape index (κ1) is 12.3. The number of aromatic nitrogens is 1. The van der Waals surface area contributed by atoms with Crippen LogP contribution in [0.25, 0.3) is 0 Å². The zero-order valence-corrected chi connectivity index (χ0v) is 10.5. The van der Waals surface area contributed by atoms with E-state index in [-0.39, 0.29) is 12.2 Å². The van der Waals surface area contributed by atoms with Crippen molar-refractivity contribution in [2.45, 2.75) is 32.0 Å². The largest absolute Gasteiger partial charge is 0.392 e. The summed E-state index contributed by atoms with van der Waals surface area (Å²) in [6, 6.07) is 3.88. The lowest BCUT2D eigenvalue weighted by atomic mass is 9.95. The van der Waals surface area contributed by atoms with Gasteiger partial charge in [-0.25, -0.2) is 4.98 Å². The third kappa shape index (κ3) is 2.76. The van der Waals surface area contributed by atoms with Crippen LogP contribution in [0.4, 0.5) is 5.82 Å². The number of aliphatic hydroxyl groups is 1. The normalized spacial score (nSPS) is 25.0. The summed E-state index contributed by atoms with van der Waals surface area (Å²) >= 11 is 0. The van der Waals surface area contributed by atoms with Crippen molar-refractivity contribution in [2.24, 2.45) is 0 Å². The molecule has 0 aromatic carbocycles. The fraction of sp³-hybridized carbons (Fsp3) is 0.615. The average Bonchev–Trinajstić information content (AvgIpc) is 2.39. The Morgan fingerprint density at radius 1 is 1.53 bits per heavy atom. The molecule has 1 aromatic heterocycles. The van der Waals surface area contributed by atoms with E-state index in [2.05, 4.69) is 16.8 Å². The molecule has 1 fully saturated rings. The van der Waals surface area contributed by atoms with Crippen LogP contribution in [0.5, 0.6) is 0 Å². The molecule has 1 aromatic rings. The third-order valence-electron chi connectivity index (χ3n) is 3.47. The Balaban J connectivity index is 2.10. The Morgan fingerprint density at radius 2 is 2.35 bits per heavy atom. The lowest BCUT2D eigenvalue weighted by Gasteiger charge is -2.40. The smallest absolute Gasteiger partial charge is 0.128 e. The fourth-order valence-electron chi connectivity index (χ4n) is 2.27. The minimum Gasteiger partial charge on any atom is -0.392 e. The van der Waals surface area contributed by atoms with E-state index in [1.165, 1.54) is 0 Å². The summed E-state index contributed by atoms with van der Waals surface area (Å²) in [4.78, 5) is 6.63. The topological polar surface area (TPSA) is 45.6 Å². The van der Waals surface area contributed by atoms with Gasteiger partial charge in [0.2, 0.25) is 0 Å². The third-order valence-corrected chi connectivity index (χ3v) is 3.47. The molecule has 1 aliphatic rings. The Morgan fingerprint density at radius 3 is 2.94 bits per heavy atom. The second-order valence-electron chi connectivity index (χ2n) is 4.86. The van der Waals surface area contributed by atoms with Crippen molar-refractivity contribution >= 4 is 5.82 Å². The molecule has 4 heteroatoms. The van der Waals surface area contributed by atoms with Gasteiger partial charge in [0.1, 0.15) is 5.82 Å². The van der Waals surface area contributed by atoms with Gasteiger partial charge >= 0.3 is 0 Å². The minimum atomic E-state index is -0.0738. The second-order valence-corrected chi connectivity index (χ2v) is 4.86. The van der Waals surface area contributed by atoms with E-state index >= 15 is 0 Å². The second kappa shape index (κ2) is 5.02. The molecule has 0 spiro atoms. The van der Waals surface area contributed by atoms with Gasteiger partial charge in [0.25, 0.3) is 0 Å². The molecule has 1 atom stereocenters. The number of rotatable bonds is 3. The number of methoxy groups -OCH3 is 1. The predicted molar refractivity (Wildman–Crippen MR) is 67.0 cm³/mol. The van der Waals surface area contributed by atoms with Crippen LogP contribution in [0.15, 0.2) is 18.3 Å². The van der Waals surface area contributed by atoms with Crippen LogP contribution in [0, 0.1) is 0 Å². The summed E-state index contributed by atoms with van der Waals surface area (Å²) in [6.45, 7) is 4.07. The summed E-state index contributed by atoms with van der Waals surface area (Å²) in [7, 11) is 1.77. The minimum absolute atomic E-state index is 0.0447. The highest BCUT2D eigenvalue weighted by Gasteiger charge is 2.31. The standard InChI is InChI=1S/C13H20N2O2/c1-13(17-2)6-3-7-15(10-13)12-5-4-11(9-16)8-14-12/h4-5,8,16H,3,6-7,9-10H2,1-2H3. The number of pyridine rings is 1. The quantitative estimate of drug-likeness (QED) is 0.865. The molecule has 2 heterocycles. The van der Waals surface area contributed by atoms with Crippen LogP contribution in [0.2, 0.25) is 0 Å². The van der Waals surface area contributed by atoms with E-state index in [0.29, 0.717) is 0 Å². The molecule has 0 amide bonds. The van der Waals surface area contributed by atoms with Gasteiger partial charge in [0, 0.05) is 26.4 Å². The van der Waals surface area contributed by atoms with Crippen molar-refractivity contribution in [2.75, 3.05) is 25.1 Å². The highest BCUT2D eigenvalue weighted by atomic mass is 16.5. The van der Waals surface area contributed by atoms with Crippen LogP contribution < -0.4 is 4.90 Å². The van der Waals surface area contributed by atoms with Gasteiger partial charge < -0.3 is 14.7 Å². The van der Waals surface area contributed by atoms with E-state index in [1.807, 2.05) is 12.1 Å². The summed E-state index contributed by atoms with van der Waals surface area (Å²) in [5, 5.41) is 8.99. The first-order valence-corrected chi connectivity index (χ1v) is 6.03. The van der Waals surface area contributed by atoms with Gasteiger partial charge in [-0.05, 0) is 31.4 Å². The molecule has 4 nitrogen and oxygen atoms in total. The fourth-order valence-corrected chi connectivity index (χ4v) is 2.27. The molecule has 17 heavy (non-hydrogen) atoms. The molecule has 0 saturated carbocycles. The maximum atomic E-state index is 8.99. The van der Waals surface area contributed by atoms with E-state index in [0.717, 1.165) is 37.3 Å². The predicted octanol–water partition coefficient (Wildman–Crippen LogP) is 1.58. The van der Waals surface area contributed by atoms with Crippen LogP contribution in [-0.4, -0.2) is 35.9 Å². The molecule has 1 N–H and O–H groups in total. The molecule has 1 saturated heterocycles. The molecular formula is C13H20N2O2. The number of nitrogens with zero attached hydrogens (tertiary/aromatic N) is 2. The molecule has 1 unspecified atom stereocenters. The molecular weight excluding hydrogens is 216 g/mol. The van der Waals surface area contributed by atoms with E-state index < -0.39 is 0 Å². The Bertz CT molecular complexity index is 366. The molecule has 0 bridgehead atoms. The van der Waals surface area contributed by atoms with Crippen LogP contribution in [0.3, 0.4) is 0 Å². The van der Waals surface area contributed by atoms with Gasteiger partial charge in [-0.1, -0.05) is 6.07 Å². The summed E-state index contributed by atoms with van der Waals surface area (Å²) < 4.78 is 5.57. The van der Waals surface area contributed by atoms with Gasteiger partial charge in [-0.15, -0.1) is 0 Å². The number of anilines is 1. The summed E-state index contributed by atoms with van der Waals surface area (Å²) in [5.41, 5.74) is 0.774. The van der Waals surface area contributed by atoms with E-state index in [4.69, 9.17) is 9.84 Å². The van der Waals surface area contributed by atoms with Gasteiger partial charge in [-0.3, -0.25) is 0 Å². The maximum Gasteiger partial charge on any atom is 0.128 e. The number of hydrogen-bond donors (Lipinski definition) is 1.